The number of para-hydroxylation sites is 1. The Morgan fingerprint density at radius 2 is 2.19 bits per heavy atom. The van der Waals surface area contributed by atoms with Gasteiger partial charge in [0.25, 0.3) is 0 Å². The lowest BCUT2D eigenvalue weighted by Crippen LogP contribution is -2.38. The Morgan fingerprint density at radius 3 is 3.00 bits per heavy atom. The zero-order chi connectivity index (χ0) is 14.7. The average molecular weight is 284 g/mol. The monoisotopic (exact) mass is 284 g/mol. The number of hydrogen-bond donors (Lipinski definition) is 1. The molecule has 0 fully saturated rings. The van der Waals surface area contributed by atoms with Crippen LogP contribution in [0.15, 0.2) is 42.7 Å². The first kappa shape index (κ1) is 13.8. The summed E-state index contributed by atoms with van der Waals surface area (Å²) >= 11 is 0. The molecule has 3 rings (SSSR count). The molecule has 1 unspecified atom stereocenters. The molecule has 1 aromatic heterocycles. The van der Waals surface area contributed by atoms with Crippen LogP contribution in [-0.4, -0.2) is 29.3 Å². The molecule has 1 aliphatic rings. The minimum Gasteiger partial charge on any atom is -0.315 e. The normalized spacial score (nSPS) is 17.9. The van der Waals surface area contributed by atoms with Crippen molar-refractivity contribution in [1.29, 1.82) is 0 Å². The SMILES string of the molecule is CN1C(=O)CC(NCCCn2cccn2)c2ccccc21. The molecular formula is C16H20N4O. The van der Waals surface area contributed by atoms with E-state index < -0.39 is 0 Å². The van der Waals surface area contributed by atoms with Crippen LogP contribution in [0.2, 0.25) is 0 Å². The molecule has 5 nitrogen and oxygen atoms in total. The van der Waals surface area contributed by atoms with E-state index in [9.17, 15) is 4.79 Å². The third kappa shape index (κ3) is 2.97. The van der Waals surface area contributed by atoms with Gasteiger partial charge in [0.1, 0.15) is 0 Å². The lowest BCUT2D eigenvalue weighted by Gasteiger charge is -2.32. The van der Waals surface area contributed by atoms with Crippen LogP contribution in [0.25, 0.3) is 0 Å². The summed E-state index contributed by atoms with van der Waals surface area (Å²) in [5.74, 6) is 0.165. The van der Waals surface area contributed by atoms with Crippen molar-refractivity contribution in [3.63, 3.8) is 0 Å². The van der Waals surface area contributed by atoms with Gasteiger partial charge in [-0.05, 0) is 30.7 Å². The molecule has 1 atom stereocenters. The number of aryl methyl sites for hydroxylation is 1. The molecule has 110 valence electrons. The number of fused-ring (bicyclic) bond motifs is 1. The first-order valence-electron chi connectivity index (χ1n) is 7.32. The molecule has 2 heterocycles. The smallest absolute Gasteiger partial charge is 0.228 e. The number of amides is 1. The van der Waals surface area contributed by atoms with Crippen LogP contribution in [0.4, 0.5) is 5.69 Å². The average Bonchev–Trinajstić information content (AvgIpc) is 3.02. The van der Waals surface area contributed by atoms with Crippen LogP contribution in [-0.2, 0) is 11.3 Å². The molecule has 0 saturated heterocycles. The maximum absolute atomic E-state index is 12.1. The standard InChI is InChI=1S/C16H20N4O/c1-19-15-7-3-2-6-13(15)14(12-16(19)21)17-8-4-10-20-11-5-9-18-20/h2-3,5-7,9,11,14,17H,4,8,10,12H2,1H3. The minimum absolute atomic E-state index is 0.113. The van der Waals surface area contributed by atoms with Gasteiger partial charge in [-0.1, -0.05) is 18.2 Å². The Morgan fingerprint density at radius 1 is 1.33 bits per heavy atom. The van der Waals surface area contributed by atoms with E-state index in [0.29, 0.717) is 6.42 Å². The molecule has 0 radical (unpaired) electrons. The number of carbonyl (C=O) groups is 1. The van der Waals surface area contributed by atoms with Crippen molar-refractivity contribution in [3.8, 4) is 0 Å². The highest BCUT2D eigenvalue weighted by Gasteiger charge is 2.28. The molecule has 1 aromatic carbocycles. The van der Waals surface area contributed by atoms with Crippen molar-refractivity contribution >= 4 is 11.6 Å². The fraction of sp³-hybridized carbons (Fsp3) is 0.375. The van der Waals surface area contributed by atoms with Crippen molar-refractivity contribution in [3.05, 3.63) is 48.3 Å². The van der Waals surface area contributed by atoms with Crippen molar-refractivity contribution in [2.45, 2.75) is 25.4 Å². The van der Waals surface area contributed by atoms with Crippen LogP contribution in [0.5, 0.6) is 0 Å². The van der Waals surface area contributed by atoms with Crippen molar-refractivity contribution in [2.24, 2.45) is 0 Å². The van der Waals surface area contributed by atoms with E-state index in [1.807, 2.05) is 42.2 Å². The van der Waals surface area contributed by atoms with Gasteiger partial charge in [-0.2, -0.15) is 5.10 Å². The van der Waals surface area contributed by atoms with Crippen LogP contribution in [0.3, 0.4) is 0 Å². The summed E-state index contributed by atoms with van der Waals surface area (Å²) in [6.07, 6.45) is 5.27. The van der Waals surface area contributed by atoms with Gasteiger partial charge in [0.2, 0.25) is 5.91 Å². The van der Waals surface area contributed by atoms with Crippen LogP contribution >= 0.6 is 0 Å². The molecule has 0 bridgehead atoms. The first-order valence-corrected chi connectivity index (χ1v) is 7.32. The summed E-state index contributed by atoms with van der Waals surface area (Å²) in [6.45, 7) is 1.76. The van der Waals surface area contributed by atoms with Gasteiger partial charge in [0, 0.05) is 44.1 Å². The number of benzene rings is 1. The van der Waals surface area contributed by atoms with Crippen LogP contribution in [0, 0.1) is 0 Å². The first-order chi connectivity index (χ1) is 10.3. The van der Waals surface area contributed by atoms with Gasteiger partial charge in [-0.25, -0.2) is 0 Å². The number of hydrogen-bond acceptors (Lipinski definition) is 3. The Balaban J connectivity index is 1.60. The third-order valence-electron chi connectivity index (χ3n) is 3.94. The molecule has 0 aliphatic carbocycles. The van der Waals surface area contributed by atoms with Crippen molar-refractivity contribution in [2.75, 3.05) is 18.5 Å². The Hall–Kier alpha value is -2.14. The van der Waals surface area contributed by atoms with E-state index in [-0.39, 0.29) is 11.9 Å². The number of aromatic nitrogens is 2. The van der Waals surface area contributed by atoms with E-state index in [4.69, 9.17) is 0 Å². The molecule has 1 amide bonds. The highest BCUT2D eigenvalue weighted by atomic mass is 16.2. The van der Waals surface area contributed by atoms with Crippen LogP contribution in [0.1, 0.15) is 24.4 Å². The summed E-state index contributed by atoms with van der Waals surface area (Å²) in [5.41, 5.74) is 2.22. The quantitative estimate of drug-likeness (QED) is 0.854. The highest BCUT2D eigenvalue weighted by molar-refractivity contribution is 5.96. The second-order valence-corrected chi connectivity index (χ2v) is 5.35. The predicted molar refractivity (Wildman–Crippen MR) is 82.1 cm³/mol. The zero-order valence-electron chi connectivity index (χ0n) is 12.2. The second-order valence-electron chi connectivity index (χ2n) is 5.35. The van der Waals surface area contributed by atoms with Gasteiger partial charge in [-0.3, -0.25) is 9.48 Å². The van der Waals surface area contributed by atoms with E-state index in [1.54, 1.807) is 11.1 Å². The maximum atomic E-state index is 12.1. The minimum atomic E-state index is 0.113. The number of nitrogens with zero attached hydrogens (tertiary/aromatic N) is 3. The zero-order valence-corrected chi connectivity index (χ0v) is 12.2. The second kappa shape index (κ2) is 6.10. The Kier molecular flexibility index (Phi) is 4.01. The summed E-state index contributed by atoms with van der Waals surface area (Å²) in [7, 11) is 1.84. The topological polar surface area (TPSA) is 50.2 Å². The van der Waals surface area contributed by atoms with Gasteiger partial charge >= 0.3 is 0 Å². The van der Waals surface area contributed by atoms with E-state index >= 15 is 0 Å². The Bertz CT molecular complexity index is 608. The molecule has 5 heteroatoms. The fourth-order valence-corrected chi connectivity index (χ4v) is 2.78. The number of anilines is 1. The summed E-state index contributed by atoms with van der Waals surface area (Å²) < 4.78 is 1.93. The maximum Gasteiger partial charge on any atom is 0.228 e. The van der Waals surface area contributed by atoms with Gasteiger partial charge in [-0.15, -0.1) is 0 Å². The lowest BCUT2D eigenvalue weighted by atomic mass is 9.96. The predicted octanol–water partition coefficient (Wildman–Crippen LogP) is 1.97. The molecule has 0 spiro atoms. The molecule has 0 saturated carbocycles. The molecule has 2 aromatic rings. The highest BCUT2D eigenvalue weighted by Crippen LogP contribution is 2.33. The van der Waals surface area contributed by atoms with E-state index in [2.05, 4.69) is 16.5 Å². The number of nitrogens with one attached hydrogen (secondary N) is 1. The lowest BCUT2D eigenvalue weighted by molar-refractivity contribution is -0.119. The summed E-state index contributed by atoms with van der Waals surface area (Å²) in [6, 6.07) is 10.2. The van der Waals surface area contributed by atoms with Crippen molar-refractivity contribution < 1.29 is 4.79 Å². The fourth-order valence-electron chi connectivity index (χ4n) is 2.78. The van der Waals surface area contributed by atoms with E-state index in [1.165, 1.54) is 5.56 Å². The largest absolute Gasteiger partial charge is 0.315 e. The molecule has 1 aliphatic heterocycles. The van der Waals surface area contributed by atoms with Crippen molar-refractivity contribution in [1.82, 2.24) is 15.1 Å². The molecule has 21 heavy (non-hydrogen) atoms. The molecule has 1 N–H and O–H groups in total. The third-order valence-corrected chi connectivity index (χ3v) is 3.94. The Labute approximate surface area is 124 Å². The molecular weight excluding hydrogens is 264 g/mol. The van der Waals surface area contributed by atoms with Gasteiger partial charge in [0.15, 0.2) is 0 Å². The van der Waals surface area contributed by atoms with Gasteiger partial charge in [0.05, 0.1) is 0 Å². The number of carbonyl (C=O) groups excluding carboxylic acids is 1. The summed E-state index contributed by atoms with van der Waals surface area (Å²) in [4.78, 5) is 13.8. The van der Waals surface area contributed by atoms with Crippen LogP contribution < -0.4 is 10.2 Å². The summed E-state index contributed by atoms with van der Waals surface area (Å²) in [5, 5.41) is 7.69. The van der Waals surface area contributed by atoms with E-state index in [0.717, 1.165) is 25.2 Å². The number of rotatable bonds is 5. The van der Waals surface area contributed by atoms with Gasteiger partial charge < -0.3 is 10.2 Å².